The van der Waals surface area contributed by atoms with Crippen molar-refractivity contribution in [2.24, 2.45) is 0 Å². The molecule has 0 aliphatic carbocycles. The fraction of sp³-hybridized carbons (Fsp3) is 0.875. The van der Waals surface area contributed by atoms with E-state index < -0.39 is 0 Å². The first-order chi connectivity index (χ1) is 5.05. The van der Waals surface area contributed by atoms with Gasteiger partial charge in [0.05, 0.1) is 7.11 Å². The molecule has 0 unspecified atom stereocenters. The number of carbonyl (C=O) groups is 1. The van der Waals surface area contributed by atoms with E-state index in [-0.39, 0.29) is 30.0 Å². The van der Waals surface area contributed by atoms with Gasteiger partial charge in [-0.2, -0.15) is 0 Å². The lowest BCUT2D eigenvalue weighted by Crippen LogP contribution is -2.41. The van der Waals surface area contributed by atoms with Gasteiger partial charge in [0.2, 0.25) is 0 Å². The SMILES string of the molecule is COC(=O)[C@@H]1CCC(C)(C)N1.Cl. The second-order valence-corrected chi connectivity index (χ2v) is 3.64. The van der Waals surface area contributed by atoms with Gasteiger partial charge >= 0.3 is 5.97 Å². The van der Waals surface area contributed by atoms with Crippen molar-refractivity contribution in [3.05, 3.63) is 0 Å². The fourth-order valence-electron chi connectivity index (χ4n) is 1.44. The van der Waals surface area contributed by atoms with Crippen molar-refractivity contribution in [2.45, 2.75) is 38.3 Å². The third-order valence-corrected chi connectivity index (χ3v) is 2.11. The summed E-state index contributed by atoms with van der Waals surface area (Å²) >= 11 is 0. The Morgan fingerprint density at radius 1 is 1.58 bits per heavy atom. The summed E-state index contributed by atoms with van der Waals surface area (Å²) in [5.74, 6) is -0.143. The molecule has 0 radical (unpaired) electrons. The van der Waals surface area contributed by atoms with Crippen LogP contribution >= 0.6 is 12.4 Å². The molecule has 0 aromatic carbocycles. The molecule has 1 aliphatic rings. The standard InChI is InChI=1S/C8H15NO2.ClH/c1-8(2)5-4-6(9-8)7(10)11-3;/h6,9H,4-5H2,1-3H3;1H/t6-;/m0./s1. The van der Waals surface area contributed by atoms with Crippen LogP contribution in [0.1, 0.15) is 26.7 Å². The molecule has 1 saturated heterocycles. The van der Waals surface area contributed by atoms with Gasteiger partial charge < -0.3 is 4.74 Å². The molecule has 1 heterocycles. The second-order valence-electron chi connectivity index (χ2n) is 3.64. The van der Waals surface area contributed by atoms with Crippen LogP contribution in [0, 0.1) is 0 Å². The molecule has 0 aromatic rings. The molecule has 0 spiro atoms. The zero-order valence-electron chi connectivity index (χ0n) is 7.72. The van der Waals surface area contributed by atoms with Gasteiger partial charge in [-0.05, 0) is 26.7 Å². The Bertz CT molecular complexity index is 170. The van der Waals surface area contributed by atoms with Crippen molar-refractivity contribution in [1.82, 2.24) is 5.32 Å². The molecule has 1 aliphatic heterocycles. The van der Waals surface area contributed by atoms with E-state index in [1.165, 1.54) is 7.11 Å². The molecule has 1 rings (SSSR count). The minimum Gasteiger partial charge on any atom is -0.468 e. The van der Waals surface area contributed by atoms with Crippen molar-refractivity contribution in [3.63, 3.8) is 0 Å². The molecule has 3 nitrogen and oxygen atoms in total. The maximum absolute atomic E-state index is 11.0. The first-order valence-electron chi connectivity index (χ1n) is 3.91. The van der Waals surface area contributed by atoms with Gasteiger partial charge in [0.15, 0.2) is 0 Å². The topological polar surface area (TPSA) is 38.3 Å². The highest BCUT2D eigenvalue weighted by Gasteiger charge is 2.34. The molecule has 4 heteroatoms. The van der Waals surface area contributed by atoms with Gasteiger partial charge in [0, 0.05) is 5.54 Å². The van der Waals surface area contributed by atoms with Crippen molar-refractivity contribution >= 4 is 18.4 Å². The van der Waals surface area contributed by atoms with Gasteiger partial charge in [-0.15, -0.1) is 12.4 Å². The molecule has 0 saturated carbocycles. The van der Waals surface area contributed by atoms with Crippen LogP contribution in [0.15, 0.2) is 0 Å². The van der Waals surface area contributed by atoms with Gasteiger partial charge in [-0.3, -0.25) is 10.1 Å². The van der Waals surface area contributed by atoms with E-state index in [0.29, 0.717) is 0 Å². The molecular formula is C8H16ClNO2. The lowest BCUT2D eigenvalue weighted by Gasteiger charge is -2.18. The zero-order valence-corrected chi connectivity index (χ0v) is 8.53. The summed E-state index contributed by atoms with van der Waals surface area (Å²) in [5, 5.41) is 3.21. The van der Waals surface area contributed by atoms with Crippen molar-refractivity contribution in [1.29, 1.82) is 0 Å². The molecule has 12 heavy (non-hydrogen) atoms. The average molecular weight is 194 g/mol. The van der Waals surface area contributed by atoms with E-state index in [0.717, 1.165) is 12.8 Å². The molecule has 0 bridgehead atoms. The number of hydrogen-bond donors (Lipinski definition) is 1. The maximum Gasteiger partial charge on any atom is 0.322 e. The van der Waals surface area contributed by atoms with Gasteiger partial charge in [-0.25, -0.2) is 0 Å². The number of rotatable bonds is 1. The van der Waals surface area contributed by atoms with Crippen molar-refractivity contribution in [2.75, 3.05) is 7.11 Å². The minimum atomic E-state index is -0.143. The zero-order chi connectivity index (χ0) is 8.48. The van der Waals surface area contributed by atoms with Crippen LogP contribution in [0.5, 0.6) is 0 Å². The van der Waals surface area contributed by atoms with E-state index in [1.54, 1.807) is 0 Å². The summed E-state index contributed by atoms with van der Waals surface area (Å²) in [4.78, 5) is 11.0. The number of halogens is 1. The molecule has 1 N–H and O–H groups in total. The quantitative estimate of drug-likeness (QED) is 0.635. The van der Waals surface area contributed by atoms with Crippen LogP contribution in [-0.4, -0.2) is 24.7 Å². The highest BCUT2D eigenvalue weighted by atomic mass is 35.5. The summed E-state index contributed by atoms with van der Waals surface area (Å²) < 4.78 is 4.63. The van der Waals surface area contributed by atoms with E-state index in [4.69, 9.17) is 0 Å². The Hall–Kier alpha value is -0.280. The van der Waals surface area contributed by atoms with Crippen LogP contribution in [0.3, 0.4) is 0 Å². The lowest BCUT2D eigenvalue weighted by molar-refractivity contribution is -0.142. The third-order valence-electron chi connectivity index (χ3n) is 2.11. The highest BCUT2D eigenvalue weighted by Crippen LogP contribution is 2.22. The summed E-state index contributed by atoms with van der Waals surface area (Å²) in [6, 6.07) is -0.0880. The fourth-order valence-corrected chi connectivity index (χ4v) is 1.44. The Labute approximate surface area is 79.3 Å². The molecule has 1 atom stereocenters. The Morgan fingerprint density at radius 2 is 2.17 bits per heavy atom. The second kappa shape index (κ2) is 4.10. The Kier molecular flexibility index (Phi) is 4.00. The molecule has 1 fully saturated rings. The normalized spacial score (nSPS) is 26.1. The van der Waals surface area contributed by atoms with Crippen LogP contribution in [0.4, 0.5) is 0 Å². The van der Waals surface area contributed by atoms with Gasteiger partial charge in [0.25, 0.3) is 0 Å². The third kappa shape index (κ3) is 2.64. The lowest BCUT2D eigenvalue weighted by atomic mass is 10.0. The number of esters is 1. The average Bonchev–Trinajstić information content (AvgIpc) is 2.29. The molecule has 0 aromatic heterocycles. The molecule has 72 valence electrons. The Morgan fingerprint density at radius 3 is 2.50 bits per heavy atom. The smallest absolute Gasteiger partial charge is 0.322 e. The minimum absolute atomic E-state index is 0. The van der Waals surface area contributed by atoms with E-state index >= 15 is 0 Å². The summed E-state index contributed by atoms with van der Waals surface area (Å²) in [5.41, 5.74) is 0.0961. The van der Waals surface area contributed by atoms with Gasteiger partial charge in [0.1, 0.15) is 6.04 Å². The number of ether oxygens (including phenoxy) is 1. The predicted octanol–water partition coefficient (Wildman–Crippen LogP) is 1.11. The molecule has 0 amide bonds. The maximum atomic E-state index is 11.0. The first kappa shape index (κ1) is 11.7. The number of carbonyl (C=O) groups excluding carboxylic acids is 1. The van der Waals surface area contributed by atoms with Crippen LogP contribution in [0.2, 0.25) is 0 Å². The number of hydrogen-bond acceptors (Lipinski definition) is 3. The van der Waals surface area contributed by atoms with Gasteiger partial charge in [-0.1, -0.05) is 0 Å². The summed E-state index contributed by atoms with van der Waals surface area (Å²) in [6.07, 6.45) is 1.92. The Balaban J connectivity index is 0.00000121. The van der Waals surface area contributed by atoms with E-state index in [2.05, 4.69) is 23.9 Å². The first-order valence-corrected chi connectivity index (χ1v) is 3.91. The summed E-state index contributed by atoms with van der Waals surface area (Å²) in [7, 11) is 1.43. The number of nitrogens with one attached hydrogen (secondary N) is 1. The predicted molar refractivity (Wildman–Crippen MR) is 49.5 cm³/mol. The molecular weight excluding hydrogens is 178 g/mol. The van der Waals surface area contributed by atoms with Crippen LogP contribution < -0.4 is 5.32 Å². The number of methoxy groups -OCH3 is 1. The van der Waals surface area contributed by atoms with E-state index in [9.17, 15) is 4.79 Å². The van der Waals surface area contributed by atoms with Crippen LogP contribution in [-0.2, 0) is 9.53 Å². The van der Waals surface area contributed by atoms with E-state index in [1.807, 2.05) is 0 Å². The summed E-state index contributed by atoms with van der Waals surface area (Å²) in [6.45, 7) is 4.19. The largest absolute Gasteiger partial charge is 0.468 e. The van der Waals surface area contributed by atoms with Crippen molar-refractivity contribution < 1.29 is 9.53 Å². The monoisotopic (exact) mass is 193 g/mol. The van der Waals surface area contributed by atoms with Crippen molar-refractivity contribution in [3.8, 4) is 0 Å². The van der Waals surface area contributed by atoms with Crippen LogP contribution in [0.25, 0.3) is 0 Å². The highest BCUT2D eigenvalue weighted by molar-refractivity contribution is 5.85.